The molecule has 1 aliphatic carbocycles. The van der Waals surface area contributed by atoms with E-state index >= 15 is 0 Å². The van der Waals surface area contributed by atoms with Gasteiger partial charge in [-0.2, -0.15) is 0 Å². The number of hydrogen-bond acceptors (Lipinski definition) is 5. The number of allylic oxidation sites excluding steroid dienone is 1. The zero-order valence-electron chi connectivity index (χ0n) is 15.2. The SMILES string of the molecule is C=CCn1c(Nc2ccc(C(C)=O)cc2)nc2sc3c(c2c1=O)CCCC3. The van der Waals surface area contributed by atoms with Crippen LogP contribution >= 0.6 is 11.3 Å². The Labute approximate surface area is 161 Å². The van der Waals surface area contributed by atoms with E-state index in [9.17, 15) is 9.59 Å². The minimum absolute atomic E-state index is 0.0119. The molecule has 0 radical (unpaired) electrons. The summed E-state index contributed by atoms with van der Waals surface area (Å²) in [7, 11) is 0. The molecule has 0 aliphatic heterocycles. The molecule has 1 aliphatic rings. The lowest BCUT2D eigenvalue weighted by atomic mass is 9.97. The van der Waals surface area contributed by atoms with Gasteiger partial charge >= 0.3 is 0 Å². The number of hydrogen-bond donors (Lipinski definition) is 1. The van der Waals surface area contributed by atoms with Gasteiger partial charge in [-0.25, -0.2) is 4.98 Å². The molecule has 0 atom stereocenters. The maximum Gasteiger partial charge on any atom is 0.264 e. The van der Waals surface area contributed by atoms with Gasteiger partial charge in [-0.05, 0) is 62.4 Å². The number of rotatable bonds is 5. The van der Waals surface area contributed by atoms with E-state index in [4.69, 9.17) is 4.98 Å². The lowest BCUT2D eigenvalue weighted by Gasteiger charge is -2.14. The van der Waals surface area contributed by atoms with Crippen molar-refractivity contribution in [2.75, 3.05) is 5.32 Å². The van der Waals surface area contributed by atoms with Crippen LogP contribution in [0, 0.1) is 0 Å². The smallest absolute Gasteiger partial charge is 0.264 e. The average Bonchev–Trinajstić information content (AvgIpc) is 3.03. The van der Waals surface area contributed by atoms with Crippen LogP contribution in [0.15, 0.2) is 41.7 Å². The second kappa shape index (κ2) is 7.12. The van der Waals surface area contributed by atoms with E-state index in [2.05, 4.69) is 11.9 Å². The Morgan fingerprint density at radius 3 is 2.74 bits per heavy atom. The van der Waals surface area contributed by atoms with Crippen molar-refractivity contribution >= 4 is 39.0 Å². The first-order chi connectivity index (χ1) is 13.1. The number of anilines is 2. The third kappa shape index (κ3) is 3.21. The predicted octanol–water partition coefficient (Wildman–Crippen LogP) is 4.47. The van der Waals surface area contributed by atoms with E-state index in [0.717, 1.165) is 35.2 Å². The molecule has 0 amide bonds. The van der Waals surface area contributed by atoms with Crippen LogP contribution in [-0.2, 0) is 19.4 Å². The molecule has 0 unspecified atom stereocenters. The van der Waals surface area contributed by atoms with Gasteiger partial charge in [0.25, 0.3) is 5.56 Å². The quantitative estimate of drug-likeness (QED) is 0.525. The van der Waals surface area contributed by atoms with Gasteiger partial charge in [-0.1, -0.05) is 6.08 Å². The van der Waals surface area contributed by atoms with Gasteiger partial charge in [0.05, 0.1) is 5.39 Å². The van der Waals surface area contributed by atoms with Crippen molar-refractivity contribution in [3.05, 3.63) is 63.3 Å². The van der Waals surface area contributed by atoms with Crippen molar-refractivity contribution in [3.63, 3.8) is 0 Å². The van der Waals surface area contributed by atoms with Crippen LogP contribution in [-0.4, -0.2) is 15.3 Å². The van der Waals surface area contributed by atoms with Gasteiger partial charge in [-0.15, -0.1) is 17.9 Å². The van der Waals surface area contributed by atoms with Gasteiger partial charge in [-0.3, -0.25) is 14.2 Å². The number of aromatic nitrogens is 2. The minimum Gasteiger partial charge on any atom is -0.325 e. The highest BCUT2D eigenvalue weighted by molar-refractivity contribution is 7.18. The summed E-state index contributed by atoms with van der Waals surface area (Å²) in [6, 6.07) is 7.18. The summed E-state index contributed by atoms with van der Waals surface area (Å²) >= 11 is 1.64. The predicted molar refractivity (Wildman–Crippen MR) is 110 cm³/mol. The zero-order valence-corrected chi connectivity index (χ0v) is 16.1. The summed E-state index contributed by atoms with van der Waals surface area (Å²) in [6.07, 6.45) is 6.00. The lowest BCUT2D eigenvalue weighted by Crippen LogP contribution is -2.24. The van der Waals surface area contributed by atoms with E-state index in [0.29, 0.717) is 18.1 Å². The summed E-state index contributed by atoms with van der Waals surface area (Å²) in [4.78, 5) is 31.5. The Kier molecular flexibility index (Phi) is 4.66. The third-order valence-electron chi connectivity index (χ3n) is 4.93. The Morgan fingerprint density at radius 1 is 1.30 bits per heavy atom. The summed E-state index contributed by atoms with van der Waals surface area (Å²) in [5, 5.41) is 4.01. The van der Waals surface area contributed by atoms with Crippen molar-refractivity contribution in [2.24, 2.45) is 0 Å². The number of fused-ring (bicyclic) bond motifs is 3. The summed E-state index contributed by atoms with van der Waals surface area (Å²) in [5.74, 6) is 0.524. The molecule has 0 spiro atoms. The fourth-order valence-corrected chi connectivity index (χ4v) is 4.80. The molecule has 2 aromatic heterocycles. The molecule has 2 heterocycles. The second-order valence-corrected chi connectivity index (χ2v) is 7.87. The standard InChI is InChI=1S/C21H21N3O2S/c1-3-12-24-20(26)18-16-6-4-5-7-17(16)27-19(18)23-21(24)22-15-10-8-14(9-11-15)13(2)25/h3,8-11H,1,4-7,12H2,2H3,(H,22,23). The number of nitrogens with zero attached hydrogens (tertiary/aromatic N) is 2. The Balaban J connectivity index is 1.81. The summed E-state index contributed by atoms with van der Waals surface area (Å²) in [6.45, 7) is 5.71. The highest BCUT2D eigenvalue weighted by Gasteiger charge is 2.21. The molecule has 27 heavy (non-hydrogen) atoms. The summed E-state index contributed by atoms with van der Waals surface area (Å²) in [5.41, 5.74) is 2.61. The first-order valence-corrected chi connectivity index (χ1v) is 9.94. The fraction of sp³-hybridized carbons (Fsp3) is 0.286. The van der Waals surface area contributed by atoms with E-state index in [1.807, 2.05) is 12.1 Å². The van der Waals surface area contributed by atoms with Gasteiger partial charge in [0.1, 0.15) is 4.83 Å². The summed E-state index contributed by atoms with van der Waals surface area (Å²) < 4.78 is 1.63. The topological polar surface area (TPSA) is 64.0 Å². The Morgan fingerprint density at radius 2 is 2.04 bits per heavy atom. The number of carbonyl (C=O) groups is 1. The number of benzene rings is 1. The van der Waals surface area contributed by atoms with Gasteiger partial charge in [0.2, 0.25) is 5.95 Å². The molecule has 6 heteroatoms. The molecule has 5 nitrogen and oxygen atoms in total. The van der Waals surface area contributed by atoms with Crippen molar-refractivity contribution in [3.8, 4) is 0 Å². The number of thiophene rings is 1. The van der Waals surface area contributed by atoms with Crippen molar-refractivity contribution in [2.45, 2.75) is 39.2 Å². The largest absolute Gasteiger partial charge is 0.325 e. The number of Topliss-reactive ketones (excluding diaryl/α,β-unsaturated/α-hetero) is 1. The molecule has 1 N–H and O–H groups in total. The molecular weight excluding hydrogens is 358 g/mol. The third-order valence-corrected chi connectivity index (χ3v) is 6.12. The second-order valence-electron chi connectivity index (χ2n) is 6.79. The maximum absolute atomic E-state index is 13.2. The highest BCUT2D eigenvalue weighted by atomic mass is 32.1. The van der Waals surface area contributed by atoms with E-state index in [-0.39, 0.29) is 11.3 Å². The number of nitrogens with one attached hydrogen (secondary N) is 1. The number of carbonyl (C=O) groups excluding carboxylic acids is 1. The molecule has 4 rings (SSSR count). The van der Waals surface area contributed by atoms with Crippen molar-refractivity contribution < 1.29 is 4.79 Å². The van der Waals surface area contributed by atoms with Gasteiger partial charge < -0.3 is 5.32 Å². The van der Waals surface area contributed by atoms with Crippen LogP contribution in [0.3, 0.4) is 0 Å². The average molecular weight is 379 g/mol. The van der Waals surface area contributed by atoms with Gasteiger partial charge in [0, 0.05) is 22.7 Å². The normalized spacial score (nSPS) is 13.4. The Bertz CT molecular complexity index is 1090. The van der Waals surface area contributed by atoms with Crippen LogP contribution in [0.1, 0.15) is 40.6 Å². The van der Waals surface area contributed by atoms with E-state index in [1.165, 1.54) is 23.8 Å². The van der Waals surface area contributed by atoms with Crippen molar-refractivity contribution in [1.82, 2.24) is 9.55 Å². The molecule has 138 valence electrons. The Hall–Kier alpha value is -2.73. The van der Waals surface area contributed by atoms with Crippen LogP contribution in [0.25, 0.3) is 10.2 Å². The van der Waals surface area contributed by atoms with Crippen molar-refractivity contribution in [1.29, 1.82) is 0 Å². The molecule has 0 bridgehead atoms. The molecule has 3 aromatic rings. The van der Waals surface area contributed by atoms with Crippen LogP contribution < -0.4 is 10.9 Å². The fourth-order valence-electron chi connectivity index (χ4n) is 3.55. The lowest BCUT2D eigenvalue weighted by molar-refractivity contribution is 0.101. The van der Waals surface area contributed by atoms with E-state index < -0.39 is 0 Å². The minimum atomic E-state index is -0.0119. The van der Waals surface area contributed by atoms with Crippen LogP contribution in [0.2, 0.25) is 0 Å². The first-order valence-electron chi connectivity index (χ1n) is 9.12. The molecule has 0 saturated carbocycles. The maximum atomic E-state index is 13.2. The highest BCUT2D eigenvalue weighted by Crippen LogP contribution is 2.34. The molecule has 1 aromatic carbocycles. The number of aryl methyl sites for hydroxylation is 2. The van der Waals surface area contributed by atoms with Gasteiger partial charge in [0.15, 0.2) is 5.78 Å². The van der Waals surface area contributed by atoms with E-state index in [1.54, 1.807) is 34.1 Å². The molecule has 0 fully saturated rings. The number of ketones is 1. The molecular formula is C21H21N3O2S. The van der Waals surface area contributed by atoms with Crippen LogP contribution in [0.4, 0.5) is 11.6 Å². The first kappa shape index (κ1) is 17.7. The van der Waals surface area contributed by atoms with Crippen LogP contribution in [0.5, 0.6) is 0 Å². The molecule has 0 saturated heterocycles. The monoisotopic (exact) mass is 379 g/mol. The zero-order chi connectivity index (χ0) is 19.0.